The van der Waals surface area contributed by atoms with Gasteiger partial charge in [-0.2, -0.15) is 0 Å². The van der Waals surface area contributed by atoms with E-state index in [1.807, 2.05) is 19.9 Å². The molecule has 1 rings (SSSR count). The summed E-state index contributed by atoms with van der Waals surface area (Å²) in [5, 5.41) is 13.9. The van der Waals surface area contributed by atoms with Crippen molar-refractivity contribution < 1.29 is 9.66 Å². The van der Waals surface area contributed by atoms with Gasteiger partial charge in [0.15, 0.2) is 0 Å². The van der Waals surface area contributed by atoms with Crippen LogP contribution in [0.25, 0.3) is 0 Å². The smallest absolute Gasteiger partial charge is 0.269 e. The van der Waals surface area contributed by atoms with Gasteiger partial charge in [-0.05, 0) is 19.4 Å². The second-order valence-corrected chi connectivity index (χ2v) is 3.87. The van der Waals surface area contributed by atoms with Gasteiger partial charge in [-0.1, -0.05) is 12.1 Å². The van der Waals surface area contributed by atoms with Gasteiger partial charge in [-0.15, -0.1) is 0 Å². The highest BCUT2D eigenvalue weighted by molar-refractivity contribution is 5.34. The summed E-state index contributed by atoms with van der Waals surface area (Å²) in [5.41, 5.74) is 1.03. The lowest BCUT2D eigenvalue weighted by atomic mass is 10.2. The van der Waals surface area contributed by atoms with Crippen LogP contribution in [0, 0.1) is 10.1 Å². The van der Waals surface area contributed by atoms with Crippen LogP contribution in [0.3, 0.4) is 0 Å². The van der Waals surface area contributed by atoms with Crippen molar-refractivity contribution in [2.75, 3.05) is 13.2 Å². The van der Waals surface area contributed by atoms with Crippen molar-refractivity contribution in [1.29, 1.82) is 0 Å². The molecule has 1 unspecified atom stereocenters. The molecule has 17 heavy (non-hydrogen) atoms. The number of hydrogen-bond donors (Lipinski definition) is 1. The van der Waals surface area contributed by atoms with Crippen molar-refractivity contribution in [3.63, 3.8) is 0 Å². The summed E-state index contributed by atoms with van der Waals surface area (Å²) >= 11 is 0. The molecule has 1 atom stereocenters. The summed E-state index contributed by atoms with van der Waals surface area (Å²) in [5.74, 6) is 0. The van der Waals surface area contributed by atoms with E-state index in [-0.39, 0.29) is 16.7 Å². The summed E-state index contributed by atoms with van der Waals surface area (Å²) in [7, 11) is 0. The van der Waals surface area contributed by atoms with E-state index >= 15 is 0 Å². The molecule has 0 aliphatic carbocycles. The minimum absolute atomic E-state index is 0.127. The first-order valence-electron chi connectivity index (χ1n) is 5.68. The van der Waals surface area contributed by atoms with Crippen LogP contribution >= 0.6 is 0 Å². The van der Waals surface area contributed by atoms with Gasteiger partial charge in [-0.25, -0.2) is 0 Å². The number of nitrogens with zero attached hydrogens (tertiary/aromatic N) is 1. The lowest BCUT2D eigenvalue weighted by molar-refractivity contribution is -0.384. The van der Waals surface area contributed by atoms with Gasteiger partial charge in [0.25, 0.3) is 5.69 Å². The zero-order valence-electron chi connectivity index (χ0n) is 10.2. The number of non-ortho nitro benzene ring substituents is 1. The Labute approximate surface area is 101 Å². The molecule has 0 aliphatic rings. The molecular weight excluding hydrogens is 220 g/mol. The fourth-order valence-electron chi connectivity index (χ4n) is 1.43. The second kappa shape index (κ2) is 6.98. The molecule has 5 nitrogen and oxygen atoms in total. The Hall–Kier alpha value is -1.46. The Balaban J connectivity index is 2.46. The molecule has 0 spiro atoms. The van der Waals surface area contributed by atoms with E-state index in [1.54, 1.807) is 12.1 Å². The van der Waals surface area contributed by atoms with Gasteiger partial charge in [0, 0.05) is 31.3 Å². The molecule has 1 N–H and O–H groups in total. The van der Waals surface area contributed by atoms with E-state index in [1.165, 1.54) is 6.07 Å². The molecule has 0 saturated heterocycles. The van der Waals surface area contributed by atoms with E-state index in [0.29, 0.717) is 19.8 Å². The molecule has 0 aliphatic heterocycles. The standard InChI is InChI=1S/C12H18N2O3/c1-3-17-9-10(2)13-8-11-5-4-6-12(7-11)14(15)16/h4-7,10,13H,3,8-9H2,1-2H3. The molecule has 0 aromatic heterocycles. The van der Waals surface area contributed by atoms with E-state index in [2.05, 4.69) is 5.32 Å². The Morgan fingerprint density at radius 1 is 1.53 bits per heavy atom. The van der Waals surface area contributed by atoms with Crippen molar-refractivity contribution in [2.45, 2.75) is 26.4 Å². The van der Waals surface area contributed by atoms with Crippen LogP contribution in [0.4, 0.5) is 5.69 Å². The minimum atomic E-state index is -0.382. The zero-order chi connectivity index (χ0) is 12.7. The van der Waals surface area contributed by atoms with Crippen molar-refractivity contribution in [1.82, 2.24) is 5.32 Å². The van der Waals surface area contributed by atoms with Crippen LogP contribution < -0.4 is 5.32 Å². The fourth-order valence-corrected chi connectivity index (χ4v) is 1.43. The third-order valence-electron chi connectivity index (χ3n) is 2.35. The summed E-state index contributed by atoms with van der Waals surface area (Å²) in [6, 6.07) is 6.87. The van der Waals surface area contributed by atoms with Crippen LogP contribution in [0.15, 0.2) is 24.3 Å². The monoisotopic (exact) mass is 238 g/mol. The quantitative estimate of drug-likeness (QED) is 0.583. The van der Waals surface area contributed by atoms with Gasteiger partial charge in [-0.3, -0.25) is 10.1 Å². The minimum Gasteiger partial charge on any atom is -0.380 e. The molecule has 1 aromatic rings. The van der Waals surface area contributed by atoms with Gasteiger partial charge >= 0.3 is 0 Å². The molecule has 0 bridgehead atoms. The van der Waals surface area contributed by atoms with Crippen LogP contribution in [-0.4, -0.2) is 24.2 Å². The van der Waals surface area contributed by atoms with E-state index in [0.717, 1.165) is 5.56 Å². The molecule has 5 heteroatoms. The molecule has 0 radical (unpaired) electrons. The number of nitro groups is 1. The lowest BCUT2D eigenvalue weighted by Crippen LogP contribution is -2.30. The van der Waals surface area contributed by atoms with Crippen molar-refractivity contribution in [2.24, 2.45) is 0 Å². The summed E-state index contributed by atoms with van der Waals surface area (Å²) in [4.78, 5) is 10.2. The molecule has 94 valence electrons. The Morgan fingerprint density at radius 3 is 2.94 bits per heavy atom. The van der Waals surface area contributed by atoms with Gasteiger partial charge in [0.05, 0.1) is 11.5 Å². The summed E-state index contributed by atoms with van der Waals surface area (Å²) in [6.45, 7) is 5.92. The Kier molecular flexibility index (Phi) is 5.59. The van der Waals surface area contributed by atoms with Crippen LogP contribution in [0.2, 0.25) is 0 Å². The summed E-state index contributed by atoms with van der Waals surface area (Å²) < 4.78 is 5.27. The van der Waals surface area contributed by atoms with Crippen molar-refractivity contribution in [3.8, 4) is 0 Å². The highest BCUT2D eigenvalue weighted by atomic mass is 16.6. The first-order chi connectivity index (χ1) is 8.13. The van der Waals surface area contributed by atoms with E-state index in [9.17, 15) is 10.1 Å². The van der Waals surface area contributed by atoms with Crippen LogP contribution in [-0.2, 0) is 11.3 Å². The first-order valence-corrected chi connectivity index (χ1v) is 5.68. The Bertz CT molecular complexity index is 369. The maximum atomic E-state index is 10.6. The second-order valence-electron chi connectivity index (χ2n) is 3.87. The molecule has 0 saturated carbocycles. The average Bonchev–Trinajstić information content (AvgIpc) is 2.34. The number of ether oxygens (including phenoxy) is 1. The van der Waals surface area contributed by atoms with Crippen LogP contribution in [0.5, 0.6) is 0 Å². The summed E-state index contributed by atoms with van der Waals surface area (Å²) in [6.07, 6.45) is 0. The Morgan fingerprint density at radius 2 is 2.29 bits per heavy atom. The number of nitrogens with one attached hydrogen (secondary N) is 1. The highest BCUT2D eigenvalue weighted by Crippen LogP contribution is 2.12. The topological polar surface area (TPSA) is 64.4 Å². The van der Waals surface area contributed by atoms with Gasteiger partial charge in [0.1, 0.15) is 0 Å². The molecule has 0 amide bonds. The fraction of sp³-hybridized carbons (Fsp3) is 0.500. The SMILES string of the molecule is CCOCC(C)NCc1cccc([N+](=O)[O-])c1. The predicted octanol–water partition coefficient (Wildman–Crippen LogP) is 2.11. The third-order valence-corrected chi connectivity index (χ3v) is 2.35. The predicted molar refractivity (Wildman–Crippen MR) is 65.9 cm³/mol. The van der Waals surface area contributed by atoms with Crippen molar-refractivity contribution in [3.05, 3.63) is 39.9 Å². The van der Waals surface area contributed by atoms with Gasteiger partial charge < -0.3 is 10.1 Å². The maximum Gasteiger partial charge on any atom is 0.269 e. The number of rotatable bonds is 7. The molecule has 1 aromatic carbocycles. The van der Waals surface area contributed by atoms with Crippen LogP contribution in [0.1, 0.15) is 19.4 Å². The highest BCUT2D eigenvalue weighted by Gasteiger charge is 2.06. The van der Waals surface area contributed by atoms with Gasteiger partial charge in [0.2, 0.25) is 0 Å². The number of hydrogen-bond acceptors (Lipinski definition) is 4. The average molecular weight is 238 g/mol. The first kappa shape index (κ1) is 13.6. The van der Waals surface area contributed by atoms with Crippen molar-refractivity contribution >= 4 is 5.69 Å². The molecule has 0 fully saturated rings. The zero-order valence-corrected chi connectivity index (χ0v) is 10.2. The number of nitro benzene ring substituents is 1. The maximum absolute atomic E-state index is 10.6. The third kappa shape index (κ3) is 4.93. The largest absolute Gasteiger partial charge is 0.380 e. The molecule has 0 heterocycles. The van der Waals surface area contributed by atoms with E-state index < -0.39 is 0 Å². The van der Waals surface area contributed by atoms with E-state index in [4.69, 9.17) is 4.74 Å². The normalized spacial score (nSPS) is 12.4. The molecular formula is C12H18N2O3. The number of benzene rings is 1. The lowest BCUT2D eigenvalue weighted by Gasteiger charge is -2.13.